The molecule has 5 nitrogen and oxygen atoms in total. The summed E-state index contributed by atoms with van der Waals surface area (Å²) in [5.41, 5.74) is 13.1. The van der Waals surface area contributed by atoms with Crippen LogP contribution in [0.25, 0.3) is 0 Å². The first kappa shape index (κ1) is 15.5. The van der Waals surface area contributed by atoms with Crippen molar-refractivity contribution in [3.8, 4) is 0 Å². The summed E-state index contributed by atoms with van der Waals surface area (Å²) in [5, 5.41) is 0. The quantitative estimate of drug-likeness (QED) is 0.693. The van der Waals surface area contributed by atoms with Crippen molar-refractivity contribution in [2.75, 3.05) is 4.90 Å². The zero-order valence-corrected chi connectivity index (χ0v) is 14.6. The number of halogens is 2. The average Bonchev–Trinajstić information content (AvgIpc) is 2.44. The molecule has 0 saturated heterocycles. The molecule has 0 unspecified atom stereocenters. The van der Waals surface area contributed by atoms with Gasteiger partial charge in [-0.15, -0.1) is 0 Å². The fourth-order valence-electron chi connectivity index (χ4n) is 3.34. The van der Waals surface area contributed by atoms with Crippen molar-refractivity contribution in [3.05, 3.63) is 27.1 Å². The summed E-state index contributed by atoms with van der Waals surface area (Å²) in [6, 6.07) is 3.03. The summed E-state index contributed by atoms with van der Waals surface area (Å²) < 4.78 is 14.9. The second-order valence-electron chi connectivity index (χ2n) is 5.87. The lowest BCUT2D eigenvalue weighted by atomic mass is 9.87. The number of guanidine groups is 2. The Morgan fingerprint density at radius 2 is 1.91 bits per heavy atom. The van der Waals surface area contributed by atoms with E-state index < -0.39 is 5.66 Å². The zero-order valence-electron chi connectivity index (χ0n) is 12.4. The third kappa shape index (κ3) is 2.55. The van der Waals surface area contributed by atoms with Crippen LogP contribution in [0.1, 0.15) is 37.7 Å². The maximum atomic E-state index is 14.0. The topological polar surface area (TPSA) is 80.0 Å². The monoisotopic (exact) mass is 415 g/mol. The van der Waals surface area contributed by atoms with Crippen LogP contribution in [0.2, 0.25) is 0 Å². The van der Waals surface area contributed by atoms with Crippen molar-refractivity contribution in [1.29, 1.82) is 0 Å². The molecule has 1 saturated carbocycles. The molecule has 4 N–H and O–H groups in total. The number of aryl methyl sites for hydroxylation is 1. The predicted molar refractivity (Wildman–Crippen MR) is 95.4 cm³/mol. The lowest BCUT2D eigenvalue weighted by Crippen LogP contribution is -2.58. The van der Waals surface area contributed by atoms with Gasteiger partial charge in [0.2, 0.25) is 11.9 Å². The third-order valence-electron chi connectivity index (χ3n) is 4.29. The maximum Gasteiger partial charge on any atom is 0.220 e. The Morgan fingerprint density at radius 1 is 1.23 bits per heavy atom. The van der Waals surface area contributed by atoms with Gasteiger partial charge in [-0.3, -0.25) is 4.90 Å². The number of anilines is 1. The Morgan fingerprint density at radius 3 is 2.59 bits per heavy atom. The first-order chi connectivity index (χ1) is 10.4. The first-order valence-electron chi connectivity index (χ1n) is 7.38. The number of benzene rings is 1. The van der Waals surface area contributed by atoms with E-state index in [-0.39, 0.29) is 17.7 Å². The molecule has 1 spiro atoms. The molecule has 0 radical (unpaired) electrons. The Kier molecular flexibility index (Phi) is 4.00. The minimum Gasteiger partial charge on any atom is -0.369 e. The van der Waals surface area contributed by atoms with Gasteiger partial charge in [0.1, 0.15) is 11.5 Å². The van der Waals surface area contributed by atoms with Crippen LogP contribution < -0.4 is 16.4 Å². The van der Waals surface area contributed by atoms with Crippen molar-refractivity contribution in [3.63, 3.8) is 0 Å². The van der Waals surface area contributed by atoms with E-state index >= 15 is 0 Å². The summed E-state index contributed by atoms with van der Waals surface area (Å²) in [4.78, 5) is 10.6. The lowest BCUT2D eigenvalue weighted by Gasteiger charge is -2.46. The number of nitrogens with two attached hydrogens (primary N) is 2. The molecule has 118 valence electrons. The Hall–Kier alpha value is -1.38. The van der Waals surface area contributed by atoms with Gasteiger partial charge in [0.05, 0.1) is 5.69 Å². The van der Waals surface area contributed by atoms with Gasteiger partial charge >= 0.3 is 0 Å². The van der Waals surface area contributed by atoms with Crippen molar-refractivity contribution in [2.45, 2.75) is 44.7 Å². The molecule has 2 aliphatic rings. The van der Waals surface area contributed by atoms with Gasteiger partial charge in [-0.2, -0.15) is 4.99 Å². The van der Waals surface area contributed by atoms with E-state index in [2.05, 4.69) is 32.6 Å². The van der Waals surface area contributed by atoms with Crippen LogP contribution in [0, 0.1) is 16.3 Å². The highest BCUT2D eigenvalue weighted by Gasteiger charge is 2.43. The highest BCUT2D eigenvalue weighted by atomic mass is 127. The highest BCUT2D eigenvalue weighted by molar-refractivity contribution is 14.1. The van der Waals surface area contributed by atoms with Crippen LogP contribution in [-0.2, 0) is 0 Å². The van der Waals surface area contributed by atoms with Gasteiger partial charge < -0.3 is 11.5 Å². The standard InChI is InChI=1S/C15H19FIN5/c1-9-7-10(16)8-11(12(9)17)22-14(19)20-13(18)21-15(22)5-3-2-4-6-15/h7-8H,2-6H2,1H3,(H4,18,19,20,21). The van der Waals surface area contributed by atoms with Crippen LogP contribution in [-0.4, -0.2) is 17.6 Å². The lowest BCUT2D eigenvalue weighted by molar-refractivity contribution is 0.305. The van der Waals surface area contributed by atoms with Crippen LogP contribution >= 0.6 is 22.6 Å². The molecule has 3 rings (SSSR count). The second kappa shape index (κ2) is 5.68. The SMILES string of the molecule is Cc1cc(F)cc(N2C(N)=NC(N)=NC23CCCCC3)c1I. The van der Waals surface area contributed by atoms with E-state index in [1.165, 1.54) is 18.6 Å². The fourth-order valence-corrected chi connectivity index (χ4v) is 3.89. The maximum absolute atomic E-state index is 14.0. The van der Waals surface area contributed by atoms with Gasteiger partial charge in [0.25, 0.3) is 0 Å². The number of hydrogen-bond acceptors (Lipinski definition) is 5. The Balaban J connectivity index is 2.16. The fraction of sp³-hybridized carbons (Fsp3) is 0.467. The van der Waals surface area contributed by atoms with Crippen molar-refractivity contribution in [1.82, 2.24) is 0 Å². The van der Waals surface area contributed by atoms with Crippen LogP contribution in [0.5, 0.6) is 0 Å². The van der Waals surface area contributed by atoms with Gasteiger partial charge in [-0.25, -0.2) is 9.38 Å². The Bertz CT molecular complexity index is 664. The second-order valence-corrected chi connectivity index (χ2v) is 6.95. The smallest absolute Gasteiger partial charge is 0.220 e. The van der Waals surface area contributed by atoms with Gasteiger partial charge in [0, 0.05) is 3.57 Å². The summed E-state index contributed by atoms with van der Waals surface area (Å²) in [6.45, 7) is 1.89. The van der Waals surface area contributed by atoms with E-state index in [0.717, 1.165) is 40.5 Å². The number of nitrogens with zero attached hydrogens (tertiary/aromatic N) is 3. The van der Waals surface area contributed by atoms with E-state index in [1.54, 1.807) is 0 Å². The van der Waals surface area contributed by atoms with Crippen LogP contribution in [0.4, 0.5) is 10.1 Å². The van der Waals surface area contributed by atoms with Crippen LogP contribution in [0.3, 0.4) is 0 Å². The van der Waals surface area contributed by atoms with Gasteiger partial charge in [-0.1, -0.05) is 6.42 Å². The normalized spacial score (nSPS) is 20.8. The van der Waals surface area contributed by atoms with E-state index in [4.69, 9.17) is 11.5 Å². The van der Waals surface area contributed by atoms with Crippen LogP contribution in [0.15, 0.2) is 22.1 Å². The molecular weight excluding hydrogens is 396 g/mol. The van der Waals surface area contributed by atoms with E-state index in [0.29, 0.717) is 0 Å². The van der Waals surface area contributed by atoms with Gasteiger partial charge in [0.15, 0.2) is 0 Å². The molecule has 1 heterocycles. The minimum absolute atomic E-state index is 0.207. The average molecular weight is 415 g/mol. The third-order valence-corrected chi connectivity index (χ3v) is 5.70. The van der Waals surface area contributed by atoms with Crippen molar-refractivity contribution in [2.24, 2.45) is 21.5 Å². The van der Waals surface area contributed by atoms with Gasteiger partial charge in [-0.05, 0) is 72.9 Å². The summed E-state index contributed by atoms with van der Waals surface area (Å²) in [5.74, 6) is 0.213. The molecule has 1 fully saturated rings. The molecule has 1 aliphatic carbocycles. The molecule has 1 aromatic carbocycles. The summed E-state index contributed by atoms with van der Waals surface area (Å²) in [6.07, 6.45) is 4.95. The molecule has 0 atom stereocenters. The molecule has 1 aliphatic heterocycles. The molecule has 0 bridgehead atoms. The Labute approximate surface area is 142 Å². The molecule has 7 heteroatoms. The zero-order chi connectivity index (χ0) is 15.9. The van der Waals surface area contributed by atoms with Crippen molar-refractivity contribution < 1.29 is 4.39 Å². The number of aliphatic imine (C=N–C) groups is 2. The molecule has 0 amide bonds. The van der Waals surface area contributed by atoms with E-state index in [1.807, 2.05) is 11.8 Å². The van der Waals surface area contributed by atoms with Crippen molar-refractivity contribution >= 4 is 40.2 Å². The predicted octanol–water partition coefficient (Wildman–Crippen LogP) is 2.85. The van der Waals surface area contributed by atoms with E-state index in [9.17, 15) is 4.39 Å². The highest BCUT2D eigenvalue weighted by Crippen LogP contribution is 2.41. The molecular formula is C15H19FIN5. The number of rotatable bonds is 1. The largest absolute Gasteiger partial charge is 0.369 e. The molecule has 1 aromatic rings. The first-order valence-corrected chi connectivity index (χ1v) is 8.46. The summed E-state index contributed by atoms with van der Waals surface area (Å²) in [7, 11) is 0. The number of hydrogen-bond donors (Lipinski definition) is 2. The molecule has 22 heavy (non-hydrogen) atoms. The minimum atomic E-state index is -0.533. The molecule has 0 aromatic heterocycles. The summed E-state index contributed by atoms with van der Waals surface area (Å²) >= 11 is 2.22.